The number of pyridine rings is 1. The van der Waals surface area contributed by atoms with Crippen molar-refractivity contribution in [1.29, 1.82) is 0 Å². The number of hydrogen-bond donors (Lipinski definition) is 1. The Hall–Kier alpha value is -3.34. The van der Waals surface area contributed by atoms with Crippen LogP contribution in [0.15, 0.2) is 66.9 Å². The van der Waals surface area contributed by atoms with Gasteiger partial charge in [-0.25, -0.2) is 4.39 Å². The van der Waals surface area contributed by atoms with E-state index < -0.39 is 5.92 Å². The van der Waals surface area contributed by atoms with Crippen LogP contribution in [0.1, 0.15) is 40.0 Å². The van der Waals surface area contributed by atoms with E-state index in [1.54, 1.807) is 36.5 Å². The number of hydrogen-bond acceptors (Lipinski definition) is 3. The predicted octanol–water partition coefficient (Wildman–Crippen LogP) is 4.70. The van der Waals surface area contributed by atoms with Crippen LogP contribution in [0.3, 0.4) is 0 Å². The molecule has 0 aliphatic heterocycles. The average molecular weight is 376 g/mol. The van der Waals surface area contributed by atoms with Crippen LogP contribution in [0.2, 0.25) is 0 Å². The SMILES string of the molecule is CC(=O)c1ccc(C)c(NC(=O)C(Cc2ccccn2)c2ccc(F)cc2)c1. The molecule has 1 N–H and O–H groups in total. The topological polar surface area (TPSA) is 59.1 Å². The molecule has 28 heavy (non-hydrogen) atoms. The van der Waals surface area contributed by atoms with E-state index in [0.29, 0.717) is 23.2 Å². The zero-order valence-electron chi connectivity index (χ0n) is 15.8. The Morgan fingerprint density at radius 1 is 1.07 bits per heavy atom. The maximum absolute atomic E-state index is 13.4. The molecule has 0 spiro atoms. The lowest BCUT2D eigenvalue weighted by molar-refractivity contribution is -0.117. The van der Waals surface area contributed by atoms with Crippen molar-refractivity contribution in [3.8, 4) is 0 Å². The smallest absolute Gasteiger partial charge is 0.232 e. The van der Waals surface area contributed by atoms with Crippen molar-refractivity contribution >= 4 is 17.4 Å². The van der Waals surface area contributed by atoms with Crippen molar-refractivity contribution < 1.29 is 14.0 Å². The summed E-state index contributed by atoms with van der Waals surface area (Å²) in [6.45, 7) is 3.35. The summed E-state index contributed by atoms with van der Waals surface area (Å²) in [5.74, 6) is -1.21. The Morgan fingerprint density at radius 3 is 2.46 bits per heavy atom. The summed E-state index contributed by atoms with van der Waals surface area (Å²) in [4.78, 5) is 29.1. The van der Waals surface area contributed by atoms with Crippen LogP contribution in [-0.2, 0) is 11.2 Å². The minimum Gasteiger partial charge on any atom is -0.325 e. The normalized spacial score (nSPS) is 11.7. The van der Waals surface area contributed by atoms with Crippen molar-refractivity contribution in [3.63, 3.8) is 0 Å². The fourth-order valence-electron chi connectivity index (χ4n) is 2.98. The van der Waals surface area contributed by atoms with E-state index in [4.69, 9.17) is 0 Å². The number of aromatic nitrogens is 1. The van der Waals surface area contributed by atoms with Gasteiger partial charge in [-0.2, -0.15) is 0 Å². The summed E-state index contributed by atoms with van der Waals surface area (Å²) in [6, 6.07) is 16.7. The highest BCUT2D eigenvalue weighted by Crippen LogP contribution is 2.25. The highest BCUT2D eigenvalue weighted by molar-refractivity contribution is 5.99. The molecule has 3 aromatic rings. The first-order valence-electron chi connectivity index (χ1n) is 9.02. The molecule has 1 unspecified atom stereocenters. The molecule has 0 saturated heterocycles. The van der Waals surface area contributed by atoms with Gasteiger partial charge < -0.3 is 5.32 Å². The van der Waals surface area contributed by atoms with Gasteiger partial charge >= 0.3 is 0 Å². The number of rotatable bonds is 6. The molecule has 0 saturated carbocycles. The van der Waals surface area contributed by atoms with Crippen LogP contribution in [0.5, 0.6) is 0 Å². The second kappa shape index (κ2) is 8.57. The molecule has 5 heteroatoms. The standard InChI is InChI=1S/C23H21FN2O2/c1-15-6-7-18(16(2)27)13-22(15)26-23(28)21(14-20-5-3-4-12-25-20)17-8-10-19(24)11-9-17/h3-13,21H,14H2,1-2H3,(H,26,28). The van der Waals surface area contributed by atoms with E-state index in [9.17, 15) is 14.0 Å². The Bertz CT molecular complexity index is 985. The molecular weight excluding hydrogens is 355 g/mol. The summed E-state index contributed by atoms with van der Waals surface area (Å²) in [5.41, 5.74) is 3.44. The third kappa shape index (κ3) is 4.68. The van der Waals surface area contributed by atoms with Crippen LogP contribution in [0.4, 0.5) is 10.1 Å². The molecule has 142 valence electrons. The number of benzene rings is 2. The minimum absolute atomic E-state index is 0.0703. The molecule has 0 fully saturated rings. The Kier molecular flexibility index (Phi) is 5.94. The molecule has 0 bridgehead atoms. The summed E-state index contributed by atoms with van der Waals surface area (Å²) in [6.07, 6.45) is 2.05. The molecule has 2 aromatic carbocycles. The number of nitrogens with one attached hydrogen (secondary N) is 1. The van der Waals surface area contributed by atoms with E-state index in [0.717, 1.165) is 11.3 Å². The minimum atomic E-state index is -0.545. The van der Waals surface area contributed by atoms with Gasteiger partial charge in [0.15, 0.2) is 5.78 Å². The van der Waals surface area contributed by atoms with Gasteiger partial charge in [0.2, 0.25) is 5.91 Å². The van der Waals surface area contributed by atoms with E-state index >= 15 is 0 Å². The van der Waals surface area contributed by atoms with Crippen LogP contribution in [0.25, 0.3) is 0 Å². The van der Waals surface area contributed by atoms with E-state index in [1.807, 2.05) is 25.1 Å². The van der Waals surface area contributed by atoms with Crippen LogP contribution in [0, 0.1) is 12.7 Å². The first-order chi connectivity index (χ1) is 13.4. The van der Waals surface area contributed by atoms with Gasteiger partial charge in [-0.15, -0.1) is 0 Å². The number of aryl methyl sites for hydroxylation is 1. The lowest BCUT2D eigenvalue weighted by atomic mass is 9.92. The molecule has 4 nitrogen and oxygen atoms in total. The van der Waals surface area contributed by atoms with E-state index in [2.05, 4.69) is 10.3 Å². The molecule has 0 radical (unpaired) electrons. The third-order valence-electron chi connectivity index (χ3n) is 4.63. The Morgan fingerprint density at radius 2 is 1.82 bits per heavy atom. The van der Waals surface area contributed by atoms with Gasteiger partial charge in [0.05, 0.1) is 5.92 Å². The van der Waals surface area contributed by atoms with Crippen molar-refractivity contribution in [2.75, 3.05) is 5.32 Å². The highest BCUT2D eigenvalue weighted by Gasteiger charge is 2.23. The van der Waals surface area contributed by atoms with Gasteiger partial charge in [0.25, 0.3) is 0 Å². The van der Waals surface area contributed by atoms with Crippen LogP contribution < -0.4 is 5.32 Å². The number of anilines is 1. The van der Waals surface area contributed by atoms with Gasteiger partial charge in [0.1, 0.15) is 5.82 Å². The molecule has 3 rings (SSSR count). The highest BCUT2D eigenvalue weighted by atomic mass is 19.1. The average Bonchev–Trinajstić information content (AvgIpc) is 2.69. The molecule has 0 aliphatic rings. The molecule has 1 amide bonds. The van der Waals surface area contributed by atoms with Gasteiger partial charge in [0, 0.05) is 29.6 Å². The Balaban J connectivity index is 1.91. The maximum atomic E-state index is 13.4. The number of carbonyl (C=O) groups is 2. The number of carbonyl (C=O) groups excluding carboxylic acids is 2. The van der Waals surface area contributed by atoms with Gasteiger partial charge in [-0.05, 0) is 55.3 Å². The number of halogens is 1. The monoisotopic (exact) mass is 376 g/mol. The van der Waals surface area contributed by atoms with Crippen LogP contribution >= 0.6 is 0 Å². The molecule has 1 aromatic heterocycles. The van der Waals surface area contributed by atoms with Gasteiger partial charge in [-0.1, -0.05) is 30.3 Å². The van der Waals surface area contributed by atoms with Crippen molar-refractivity contribution in [2.45, 2.75) is 26.2 Å². The largest absolute Gasteiger partial charge is 0.325 e. The molecule has 1 atom stereocenters. The Labute approximate surface area is 163 Å². The zero-order chi connectivity index (χ0) is 20.1. The van der Waals surface area contributed by atoms with E-state index in [-0.39, 0.29) is 17.5 Å². The number of nitrogens with zero attached hydrogens (tertiary/aromatic N) is 1. The molecule has 0 aliphatic carbocycles. The lowest BCUT2D eigenvalue weighted by Gasteiger charge is -2.18. The number of amides is 1. The fraction of sp³-hybridized carbons (Fsp3) is 0.174. The number of ketones is 1. The number of Topliss-reactive ketones (excluding diaryl/α,β-unsaturated/α-hetero) is 1. The quantitative estimate of drug-likeness (QED) is 0.635. The fourth-order valence-corrected chi connectivity index (χ4v) is 2.98. The second-order valence-corrected chi connectivity index (χ2v) is 6.70. The van der Waals surface area contributed by atoms with E-state index in [1.165, 1.54) is 19.1 Å². The summed E-state index contributed by atoms with van der Waals surface area (Å²) in [5, 5.41) is 2.93. The maximum Gasteiger partial charge on any atom is 0.232 e. The van der Waals surface area contributed by atoms with Crippen molar-refractivity contribution in [1.82, 2.24) is 4.98 Å². The summed E-state index contributed by atoms with van der Waals surface area (Å²) < 4.78 is 13.4. The zero-order valence-corrected chi connectivity index (χ0v) is 15.8. The lowest BCUT2D eigenvalue weighted by Crippen LogP contribution is -2.24. The summed E-state index contributed by atoms with van der Waals surface area (Å²) in [7, 11) is 0. The van der Waals surface area contributed by atoms with Crippen molar-refractivity contribution in [3.05, 3.63) is 95.1 Å². The third-order valence-corrected chi connectivity index (χ3v) is 4.63. The first kappa shape index (κ1) is 19.4. The molecular formula is C23H21FN2O2. The second-order valence-electron chi connectivity index (χ2n) is 6.70. The van der Waals surface area contributed by atoms with Gasteiger partial charge in [-0.3, -0.25) is 14.6 Å². The first-order valence-corrected chi connectivity index (χ1v) is 9.02. The van der Waals surface area contributed by atoms with Crippen LogP contribution in [-0.4, -0.2) is 16.7 Å². The molecule has 1 heterocycles. The van der Waals surface area contributed by atoms with Crippen molar-refractivity contribution in [2.24, 2.45) is 0 Å². The predicted molar refractivity (Wildman–Crippen MR) is 107 cm³/mol. The summed E-state index contributed by atoms with van der Waals surface area (Å²) >= 11 is 0.